The highest BCUT2D eigenvalue weighted by Crippen LogP contribution is 2.45. The Balaban J connectivity index is 1.14. The van der Waals surface area contributed by atoms with E-state index in [2.05, 4.69) is 182 Å². The van der Waals surface area contributed by atoms with E-state index in [0.29, 0.717) is 0 Å². The van der Waals surface area contributed by atoms with E-state index in [1.807, 2.05) is 0 Å². The molecule has 50 heavy (non-hydrogen) atoms. The lowest BCUT2D eigenvalue weighted by molar-refractivity contribution is 1.69. The molecule has 0 bridgehead atoms. The van der Waals surface area contributed by atoms with Gasteiger partial charge in [-0.3, -0.25) is 0 Å². The van der Waals surface area contributed by atoms with Crippen molar-refractivity contribution in [1.82, 2.24) is 0 Å². The van der Waals surface area contributed by atoms with Crippen molar-refractivity contribution in [3.05, 3.63) is 182 Å². The van der Waals surface area contributed by atoms with Crippen LogP contribution in [-0.2, 0) is 0 Å². The first kappa shape index (κ1) is 27.5. The van der Waals surface area contributed by atoms with Crippen LogP contribution in [0.1, 0.15) is 0 Å². The lowest BCUT2D eigenvalue weighted by Gasteiger charge is -2.18. The Morgan fingerprint density at radius 1 is 0.180 bits per heavy atom. The summed E-state index contributed by atoms with van der Waals surface area (Å²) >= 11 is 0. The van der Waals surface area contributed by atoms with E-state index >= 15 is 0 Å². The minimum atomic E-state index is 1.24. The van der Waals surface area contributed by atoms with Crippen molar-refractivity contribution in [2.45, 2.75) is 0 Å². The molecule has 0 N–H and O–H groups in total. The van der Waals surface area contributed by atoms with Crippen molar-refractivity contribution in [2.75, 3.05) is 0 Å². The molecule has 11 aromatic carbocycles. The average Bonchev–Trinajstić information content (AvgIpc) is 3.17. The third kappa shape index (κ3) is 4.06. The Morgan fingerprint density at radius 2 is 0.500 bits per heavy atom. The first-order valence-electron chi connectivity index (χ1n) is 17.4. The Bertz CT molecular complexity index is 2930. The molecule has 0 aromatic heterocycles. The second-order valence-electron chi connectivity index (χ2n) is 13.7. The summed E-state index contributed by atoms with van der Waals surface area (Å²) in [6.45, 7) is 0. The molecule has 0 atom stereocenters. The summed E-state index contributed by atoms with van der Waals surface area (Å²) in [4.78, 5) is 0. The zero-order valence-electron chi connectivity index (χ0n) is 27.3. The van der Waals surface area contributed by atoms with E-state index in [4.69, 9.17) is 0 Å². The van der Waals surface area contributed by atoms with Gasteiger partial charge in [0, 0.05) is 0 Å². The van der Waals surface area contributed by atoms with Crippen molar-refractivity contribution in [3.63, 3.8) is 0 Å². The van der Waals surface area contributed by atoms with Gasteiger partial charge in [0.1, 0.15) is 0 Å². The van der Waals surface area contributed by atoms with E-state index < -0.39 is 0 Å². The van der Waals surface area contributed by atoms with Crippen molar-refractivity contribution >= 4 is 86.2 Å². The summed E-state index contributed by atoms with van der Waals surface area (Å²) in [5.74, 6) is 0. The molecule has 0 nitrogen and oxygen atoms in total. The lowest BCUT2D eigenvalue weighted by Crippen LogP contribution is -1.91. The molecule has 11 rings (SSSR count). The summed E-state index contributed by atoms with van der Waals surface area (Å²) in [5, 5.41) is 20.5. The van der Waals surface area contributed by atoms with Gasteiger partial charge in [-0.25, -0.2) is 0 Å². The van der Waals surface area contributed by atoms with E-state index in [9.17, 15) is 0 Å². The predicted octanol–water partition coefficient (Wildman–Crippen LogP) is 14.2. The van der Waals surface area contributed by atoms with Crippen LogP contribution in [0.3, 0.4) is 0 Å². The zero-order chi connectivity index (χ0) is 32.8. The number of rotatable bonds is 2. The fourth-order valence-electron chi connectivity index (χ4n) is 8.57. The maximum atomic E-state index is 2.39. The molecular weight excluding hydrogens is 601 g/mol. The van der Waals surface area contributed by atoms with E-state index in [-0.39, 0.29) is 0 Å². The number of hydrogen-bond acceptors (Lipinski definition) is 0. The Kier molecular flexibility index (Phi) is 5.76. The smallest absolute Gasteiger partial charge is 0.00262 e. The SMILES string of the molecule is c1ccc2cc3c(ccc4cc(-c5c6ccccc6c(-c6ccc7c(ccc8cc9ccccc9cc87)c6)c6ccccc56)ccc43)cc2c1. The Hall–Kier alpha value is -6.50. The van der Waals surface area contributed by atoms with Crippen molar-refractivity contribution in [2.24, 2.45) is 0 Å². The van der Waals surface area contributed by atoms with Gasteiger partial charge in [0.05, 0.1) is 0 Å². The van der Waals surface area contributed by atoms with Gasteiger partial charge in [0.25, 0.3) is 0 Å². The van der Waals surface area contributed by atoms with Crippen LogP contribution in [0.4, 0.5) is 0 Å². The quantitative estimate of drug-likeness (QED) is 0.132. The molecule has 0 radical (unpaired) electrons. The highest BCUT2D eigenvalue weighted by molar-refractivity contribution is 6.23. The molecule has 0 aliphatic rings. The molecule has 0 unspecified atom stereocenters. The van der Waals surface area contributed by atoms with Gasteiger partial charge in [-0.2, -0.15) is 0 Å². The fraction of sp³-hybridized carbons (Fsp3) is 0. The van der Waals surface area contributed by atoms with Gasteiger partial charge in [-0.15, -0.1) is 0 Å². The summed E-state index contributed by atoms with van der Waals surface area (Å²) in [5.41, 5.74) is 5.07. The van der Waals surface area contributed by atoms with Crippen LogP contribution in [0, 0.1) is 0 Å². The molecule has 0 aliphatic carbocycles. The maximum absolute atomic E-state index is 2.39. The summed E-state index contributed by atoms with van der Waals surface area (Å²) in [7, 11) is 0. The van der Waals surface area contributed by atoms with E-state index in [1.54, 1.807) is 0 Å². The molecule has 0 heteroatoms. The van der Waals surface area contributed by atoms with Crippen LogP contribution < -0.4 is 0 Å². The van der Waals surface area contributed by atoms with E-state index in [0.717, 1.165) is 0 Å². The van der Waals surface area contributed by atoms with Crippen molar-refractivity contribution in [1.29, 1.82) is 0 Å². The number of hydrogen-bond donors (Lipinski definition) is 0. The maximum Gasteiger partial charge on any atom is -0.00262 e. The monoisotopic (exact) mass is 630 g/mol. The van der Waals surface area contributed by atoms with Crippen LogP contribution in [0.5, 0.6) is 0 Å². The highest BCUT2D eigenvalue weighted by atomic mass is 14.2. The first-order valence-corrected chi connectivity index (χ1v) is 17.4. The molecule has 0 fully saturated rings. The Morgan fingerprint density at radius 3 is 0.880 bits per heavy atom. The molecule has 0 saturated carbocycles. The summed E-state index contributed by atoms with van der Waals surface area (Å²) in [6.07, 6.45) is 0. The second kappa shape index (κ2) is 10.5. The minimum absolute atomic E-state index is 1.24. The van der Waals surface area contributed by atoms with Gasteiger partial charge in [0.2, 0.25) is 0 Å². The van der Waals surface area contributed by atoms with Crippen LogP contribution in [-0.4, -0.2) is 0 Å². The summed E-state index contributed by atoms with van der Waals surface area (Å²) < 4.78 is 0. The standard InChI is InChI=1S/C50H30/c1-3-11-33-29-47-37(25-31(33)9-1)19-17-35-27-39(21-23-41(35)47)49-43-13-5-7-15-45(43)50(46-16-8-6-14-44(46)49)40-22-24-42-36(28-40)18-20-38-26-32-10-2-4-12-34(32)30-48(38)42/h1-30H. The first-order chi connectivity index (χ1) is 24.8. The lowest BCUT2D eigenvalue weighted by atomic mass is 9.85. The fourth-order valence-corrected chi connectivity index (χ4v) is 8.57. The topological polar surface area (TPSA) is 0 Å². The predicted molar refractivity (Wildman–Crippen MR) is 217 cm³/mol. The average molecular weight is 631 g/mol. The molecular formula is C50H30. The van der Waals surface area contributed by atoms with Gasteiger partial charge >= 0.3 is 0 Å². The summed E-state index contributed by atoms with van der Waals surface area (Å²) in [6, 6.07) is 67.8. The van der Waals surface area contributed by atoms with Crippen molar-refractivity contribution in [3.8, 4) is 22.3 Å². The third-order valence-electron chi connectivity index (χ3n) is 10.9. The van der Waals surface area contributed by atoms with Gasteiger partial charge in [-0.05, 0) is 145 Å². The second-order valence-corrected chi connectivity index (χ2v) is 13.7. The molecule has 0 aliphatic heterocycles. The number of fused-ring (bicyclic) bond motifs is 10. The van der Waals surface area contributed by atoms with Crippen LogP contribution in [0.15, 0.2) is 182 Å². The van der Waals surface area contributed by atoms with Crippen LogP contribution >= 0.6 is 0 Å². The largest absolute Gasteiger partial charge is 0.0616 e. The molecule has 0 heterocycles. The van der Waals surface area contributed by atoms with Crippen LogP contribution in [0.25, 0.3) is 108 Å². The molecule has 230 valence electrons. The zero-order valence-corrected chi connectivity index (χ0v) is 27.3. The van der Waals surface area contributed by atoms with Gasteiger partial charge in [0.15, 0.2) is 0 Å². The normalized spacial score (nSPS) is 12.0. The van der Waals surface area contributed by atoms with Gasteiger partial charge in [-0.1, -0.05) is 146 Å². The third-order valence-corrected chi connectivity index (χ3v) is 10.9. The van der Waals surface area contributed by atoms with Crippen LogP contribution in [0.2, 0.25) is 0 Å². The molecule has 0 amide bonds. The molecule has 0 spiro atoms. The van der Waals surface area contributed by atoms with Gasteiger partial charge < -0.3 is 0 Å². The van der Waals surface area contributed by atoms with E-state index in [1.165, 1.54) is 108 Å². The minimum Gasteiger partial charge on any atom is -0.0616 e. The molecule has 0 saturated heterocycles. The number of benzene rings is 11. The highest BCUT2D eigenvalue weighted by Gasteiger charge is 2.18. The molecule has 11 aromatic rings. The Labute approximate surface area is 289 Å². The van der Waals surface area contributed by atoms with Crippen molar-refractivity contribution < 1.29 is 0 Å².